The van der Waals surface area contributed by atoms with E-state index in [4.69, 9.17) is 7.16 Å². The van der Waals surface area contributed by atoms with Gasteiger partial charge in [0.05, 0.1) is 5.69 Å². The molecule has 0 spiro atoms. The summed E-state index contributed by atoms with van der Waals surface area (Å²) >= 11 is 0. The predicted molar refractivity (Wildman–Crippen MR) is 100 cm³/mol. The van der Waals surface area contributed by atoms with Gasteiger partial charge in [0.2, 0.25) is 0 Å². The molecule has 0 saturated heterocycles. The van der Waals surface area contributed by atoms with E-state index in [0.29, 0.717) is 22.4 Å². The van der Waals surface area contributed by atoms with Gasteiger partial charge in [-0.05, 0) is 47.7 Å². The van der Waals surface area contributed by atoms with Crippen LogP contribution in [-0.4, -0.2) is 4.98 Å². The van der Waals surface area contributed by atoms with E-state index in [1.165, 1.54) is 12.1 Å². The van der Waals surface area contributed by atoms with Crippen LogP contribution < -0.4 is 0 Å². The second kappa shape index (κ2) is 5.69. The Kier molecular flexibility index (Phi) is 3.10. The lowest BCUT2D eigenvalue weighted by Crippen LogP contribution is -2.09. The molecule has 0 N–H and O–H groups in total. The van der Waals surface area contributed by atoms with Gasteiger partial charge in [0, 0.05) is 31.3 Å². The highest BCUT2D eigenvalue weighted by Crippen LogP contribution is 2.35. The van der Waals surface area contributed by atoms with E-state index < -0.39 is 11.8 Å². The number of aromatic nitrogens is 1. The fourth-order valence-electron chi connectivity index (χ4n) is 3.06. The minimum absolute atomic E-state index is 0.346. The van der Waals surface area contributed by atoms with Crippen LogP contribution in [0.15, 0.2) is 59.1 Å². The standard InChI is InChI=1S/C22H20FNO/c1-22(2,3)13-14-9-10-24-19(11-14)18-6-4-5-17-16-8-7-15(23)12-20(16)25-21(17)18/h4-12H,13H2,1-3H3/i13D2. The number of benzene rings is 2. The third-order valence-electron chi connectivity index (χ3n) is 4.02. The molecular formula is C22H20FNO. The molecule has 0 radical (unpaired) electrons. The molecule has 3 heteroatoms. The summed E-state index contributed by atoms with van der Waals surface area (Å²) in [6.45, 7) is 5.63. The van der Waals surface area contributed by atoms with Crippen molar-refractivity contribution in [1.82, 2.24) is 4.98 Å². The number of hydrogen-bond donors (Lipinski definition) is 0. The van der Waals surface area contributed by atoms with Gasteiger partial charge < -0.3 is 4.42 Å². The summed E-state index contributed by atoms with van der Waals surface area (Å²) in [6, 6.07) is 13.7. The molecule has 0 unspecified atom stereocenters. The molecule has 0 fully saturated rings. The molecule has 126 valence electrons. The quantitative estimate of drug-likeness (QED) is 0.425. The van der Waals surface area contributed by atoms with E-state index in [1.54, 1.807) is 24.4 Å². The van der Waals surface area contributed by atoms with Gasteiger partial charge in [-0.15, -0.1) is 0 Å². The largest absolute Gasteiger partial charge is 0.455 e. The average molecular weight is 335 g/mol. The summed E-state index contributed by atoms with van der Waals surface area (Å²) in [6.07, 6.45) is 0.102. The van der Waals surface area contributed by atoms with Crippen molar-refractivity contribution >= 4 is 21.9 Å². The first-order valence-electron chi connectivity index (χ1n) is 9.26. The fourth-order valence-corrected chi connectivity index (χ4v) is 3.06. The number of hydrogen-bond acceptors (Lipinski definition) is 2. The summed E-state index contributed by atoms with van der Waals surface area (Å²) in [7, 11) is 0. The maximum atomic E-state index is 13.6. The lowest BCUT2D eigenvalue weighted by molar-refractivity contribution is 0.411. The predicted octanol–water partition coefficient (Wildman–Crippen LogP) is 6.38. The molecule has 2 nitrogen and oxygen atoms in total. The summed E-state index contributed by atoms with van der Waals surface area (Å²) in [5.41, 5.74) is 2.51. The number of rotatable bonds is 2. The first-order valence-corrected chi connectivity index (χ1v) is 8.26. The Hall–Kier alpha value is -2.68. The Morgan fingerprint density at radius 3 is 2.72 bits per heavy atom. The van der Waals surface area contributed by atoms with Gasteiger partial charge in [0.25, 0.3) is 0 Å². The number of para-hydroxylation sites is 1. The van der Waals surface area contributed by atoms with Crippen LogP contribution in [0.25, 0.3) is 33.2 Å². The summed E-state index contributed by atoms with van der Waals surface area (Å²) in [5.74, 6) is -0.346. The third-order valence-corrected chi connectivity index (χ3v) is 4.02. The number of nitrogens with zero attached hydrogens (tertiary/aromatic N) is 1. The van der Waals surface area contributed by atoms with Gasteiger partial charge in [-0.1, -0.05) is 32.9 Å². The maximum Gasteiger partial charge on any atom is 0.144 e. The molecule has 0 amide bonds. The van der Waals surface area contributed by atoms with Gasteiger partial charge in [0.15, 0.2) is 0 Å². The normalized spacial score (nSPS) is 13.9. The zero-order chi connectivity index (χ0) is 19.4. The molecule has 2 aromatic carbocycles. The number of halogens is 1. The minimum atomic E-state index is -1.52. The second-order valence-corrected chi connectivity index (χ2v) is 7.23. The molecule has 2 heterocycles. The highest BCUT2D eigenvalue weighted by atomic mass is 19.1. The summed E-state index contributed by atoms with van der Waals surface area (Å²) in [4.78, 5) is 4.44. The Morgan fingerprint density at radius 1 is 1.08 bits per heavy atom. The zero-order valence-corrected chi connectivity index (χ0v) is 14.4. The average Bonchev–Trinajstić information content (AvgIpc) is 2.98. The van der Waals surface area contributed by atoms with Crippen LogP contribution in [-0.2, 0) is 6.37 Å². The Bertz CT molecular complexity index is 1160. The molecule has 0 aliphatic rings. The second-order valence-electron chi connectivity index (χ2n) is 7.23. The zero-order valence-electron chi connectivity index (χ0n) is 16.4. The van der Waals surface area contributed by atoms with Crippen LogP contribution in [0.5, 0.6) is 0 Å². The van der Waals surface area contributed by atoms with Crippen LogP contribution in [0.4, 0.5) is 4.39 Å². The first kappa shape index (κ1) is 13.6. The van der Waals surface area contributed by atoms with Crippen molar-refractivity contribution in [1.29, 1.82) is 0 Å². The van der Waals surface area contributed by atoms with E-state index in [1.807, 2.05) is 39.0 Å². The van der Waals surface area contributed by atoms with Crippen molar-refractivity contribution < 1.29 is 11.5 Å². The van der Waals surface area contributed by atoms with Gasteiger partial charge in [-0.3, -0.25) is 4.98 Å². The van der Waals surface area contributed by atoms with Crippen molar-refractivity contribution in [2.45, 2.75) is 27.1 Å². The monoisotopic (exact) mass is 335 g/mol. The van der Waals surface area contributed by atoms with E-state index in [0.717, 1.165) is 16.3 Å². The number of fused-ring (bicyclic) bond motifs is 3. The maximum absolute atomic E-state index is 13.6. The van der Waals surface area contributed by atoms with Crippen molar-refractivity contribution in [2.75, 3.05) is 0 Å². The van der Waals surface area contributed by atoms with E-state index in [-0.39, 0.29) is 5.82 Å². The summed E-state index contributed by atoms with van der Waals surface area (Å²) < 4.78 is 36.6. The topological polar surface area (TPSA) is 26.0 Å². The highest BCUT2D eigenvalue weighted by Gasteiger charge is 2.15. The van der Waals surface area contributed by atoms with Crippen molar-refractivity contribution in [2.24, 2.45) is 5.41 Å². The molecule has 0 bridgehead atoms. The molecule has 4 aromatic rings. The SMILES string of the molecule is [2H]C([2H])(c1ccnc(-c2cccc3c2oc2cc(F)ccc23)c1)C(C)(C)C. The van der Waals surface area contributed by atoms with Crippen LogP contribution >= 0.6 is 0 Å². The van der Waals surface area contributed by atoms with Crippen LogP contribution in [0, 0.1) is 11.2 Å². The fraction of sp³-hybridized carbons (Fsp3) is 0.227. The van der Waals surface area contributed by atoms with Crippen LogP contribution in [0.3, 0.4) is 0 Å². The van der Waals surface area contributed by atoms with Gasteiger partial charge in [-0.2, -0.15) is 0 Å². The van der Waals surface area contributed by atoms with Gasteiger partial charge >= 0.3 is 0 Å². The molecule has 0 aliphatic heterocycles. The lowest BCUT2D eigenvalue weighted by atomic mass is 9.88. The Balaban J connectivity index is 1.93. The Labute approximate surface area is 149 Å². The highest BCUT2D eigenvalue weighted by molar-refractivity contribution is 6.09. The first-order chi connectivity index (χ1) is 12.7. The summed E-state index contributed by atoms with van der Waals surface area (Å²) in [5, 5.41) is 1.72. The molecular weight excluding hydrogens is 313 g/mol. The van der Waals surface area contributed by atoms with Crippen molar-refractivity contribution in [3.63, 3.8) is 0 Å². The molecule has 4 rings (SSSR count). The van der Waals surface area contributed by atoms with Gasteiger partial charge in [0.1, 0.15) is 17.0 Å². The molecule has 0 saturated carbocycles. The smallest absolute Gasteiger partial charge is 0.144 e. The van der Waals surface area contributed by atoms with Crippen LogP contribution in [0.1, 0.15) is 29.1 Å². The minimum Gasteiger partial charge on any atom is -0.455 e. The van der Waals surface area contributed by atoms with E-state index >= 15 is 0 Å². The van der Waals surface area contributed by atoms with E-state index in [9.17, 15) is 4.39 Å². The molecule has 25 heavy (non-hydrogen) atoms. The number of pyridine rings is 1. The Morgan fingerprint density at radius 2 is 1.92 bits per heavy atom. The van der Waals surface area contributed by atoms with E-state index in [2.05, 4.69) is 4.98 Å². The van der Waals surface area contributed by atoms with Crippen molar-refractivity contribution in [3.05, 3.63) is 66.1 Å². The molecule has 0 atom stereocenters. The van der Waals surface area contributed by atoms with Crippen LogP contribution in [0.2, 0.25) is 0 Å². The number of furan rings is 1. The van der Waals surface area contributed by atoms with Crippen molar-refractivity contribution in [3.8, 4) is 11.3 Å². The molecule has 2 aromatic heterocycles. The third kappa shape index (κ3) is 3.02. The molecule has 0 aliphatic carbocycles. The van der Waals surface area contributed by atoms with Gasteiger partial charge in [-0.25, -0.2) is 4.39 Å². The lowest BCUT2D eigenvalue weighted by Gasteiger charge is -2.18.